The molecule has 4 rings (SSSR count). The standard InChI is InChI=1S/C26H29F4NO5/c1-33-20-8-6-18(7-9-20)15-34-17-23(26(28,29)30)36-24(32)31-12-10-25(11-13-31)14-19(16-35-25)21-4-2-3-5-22(21)27/h2-9,19,23H,10-17H2,1H3. The number of rotatable bonds is 7. The lowest BCUT2D eigenvalue weighted by atomic mass is 9.83. The number of nitrogens with zero attached hydrogens (tertiary/aromatic N) is 1. The molecule has 2 aromatic carbocycles. The average molecular weight is 512 g/mol. The zero-order valence-corrected chi connectivity index (χ0v) is 19.9. The minimum absolute atomic E-state index is 0.0686. The van der Waals surface area contributed by atoms with Gasteiger partial charge in [-0.25, -0.2) is 9.18 Å². The van der Waals surface area contributed by atoms with Gasteiger partial charge in [-0.2, -0.15) is 13.2 Å². The topological polar surface area (TPSA) is 57.2 Å². The van der Waals surface area contributed by atoms with E-state index in [2.05, 4.69) is 0 Å². The SMILES string of the molecule is COc1ccc(COCC(OC(=O)N2CCC3(CC2)CC(c2ccccc2F)CO3)C(F)(F)F)cc1. The van der Waals surface area contributed by atoms with Gasteiger partial charge in [-0.15, -0.1) is 0 Å². The molecule has 2 aliphatic rings. The van der Waals surface area contributed by atoms with Crippen molar-refractivity contribution in [1.29, 1.82) is 0 Å². The second-order valence-corrected chi connectivity index (χ2v) is 9.18. The van der Waals surface area contributed by atoms with Crippen LogP contribution >= 0.6 is 0 Å². The third-order valence-corrected chi connectivity index (χ3v) is 6.79. The summed E-state index contributed by atoms with van der Waals surface area (Å²) in [4.78, 5) is 13.8. The molecule has 2 aliphatic heterocycles. The summed E-state index contributed by atoms with van der Waals surface area (Å²) >= 11 is 0. The number of carbonyl (C=O) groups is 1. The lowest BCUT2D eigenvalue weighted by molar-refractivity contribution is -0.220. The van der Waals surface area contributed by atoms with Gasteiger partial charge in [0, 0.05) is 19.0 Å². The Labute approximate surface area is 207 Å². The van der Waals surface area contributed by atoms with Crippen LogP contribution in [0.25, 0.3) is 0 Å². The Morgan fingerprint density at radius 3 is 2.47 bits per heavy atom. The summed E-state index contributed by atoms with van der Waals surface area (Å²) in [6.07, 6.45) is -6.71. The predicted molar refractivity (Wildman–Crippen MR) is 122 cm³/mol. The highest BCUT2D eigenvalue weighted by atomic mass is 19.4. The number of hydrogen-bond donors (Lipinski definition) is 0. The molecule has 2 heterocycles. The van der Waals surface area contributed by atoms with Crippen molar-refractivity contribution in [3.05, 3.63) is 65.5 Å². The molecule has 0 N–H and O–H groups in total. The van der Waals surface area contributed by atoms with Crippen LogP contribution in [0.4, 0.5) is 22.4 Å². The minimum Gasteiger partial charge on any atom is -0.497 e. The van der Waals surface area contributed by atoms with E-state index in [0.717, 1.165) is 0 Å². The fraction of sp³-hybridized carbons (Fsp3) is 0.500. The first-order valence-electron chi connectivity index (χ1n) is 11.8. The van der Waals surface area contributed by atoms with Gasteiger partial charge < -0.3 is 23.8 Å². The largest absolute Gasteiger partial charge is 0.497 e. The van der Waals surface area contributed by atoms with Crippen molar-refractivity contribution in [3.8, 4) is 5.75 Å². The van der Waals surface area contributed by atoms with Crippen LogP contribution in [0.3, 0.4) is 0 Å². The molecule has 2 aromatic rings. The molecule has 0 saturated carbocycles. The summed E-state index contributed by atoms with van der Waals surface area (Å²) in [5.41, 5.74) is 0.739. The molecule has 10 heteroatoms. The maximum atomic E-state index is 14.2. The predicted octanol–water partition coefficient (Wildman–Crippen LogP) is 5.46. The third kappa shape index (κ3) is 6.28. The third-order valence-electron chi connectivity index (χ3n) is 6.79. The molecule has 2 saturated heterocycles. The van der Waals surface area contributed by atoms with Gasteiger partial charge in [0.2, 0.25) is 6.10 Å². The van der Waals surface area contributed by atoms with Crippen molar-refractivity contribution in [2.45, 2.75) is 49.7 Å². The lowest BCUT2D eigenvalue weighted by Crippen LogP contribution is -2.49. The van der Waals surface area contributed by atoms with Gasteiger partial charge in [0.1, 0.15) is 11.6 Å². The Morgan fingerprint density at radius 2 is 1.83 bits per heavy atom. The number of carbonyl (C=O) groups excluding carboxylic acids is 1. The van der Waals surface area contributed by atoms with Gasteiger partial charge in [0.15, 0.2) is 0 Å². The zero-order chi connectivity index (χ0) is 25.8. The molecule has 1 spiro atoms. The van der Waals surface area contributed by atoms with Crippen molar-refractivity contribution in [1.82, 2.24) is 4.90 Å². The van der Waals surface area contributed by atoms with Gasteiger partial charge in [-0.05, 0) is 48.6 Å². The van der Waals surface area contributed by atoms with Gasteiger partial charge in [-0.1, -0.05) is 30.3 Å². The number of halogens is 4. The molecule has 0 radical (unpaired) electrons. The van der Waals surface area contributed by atoms with Gasteiger partial charge in [-0.3, -0.25) is 0 Å². The first-order valence-corrected chi connectivity index (χ1v) is 11.8. The van der Waals surface area contributed by atoms with E-state index in [1.807, 2.05) is 0 Å². The Bertz CT molecular complexity index is 1020. The minimum atomic E-state index is -4.77. The van der Waals surface area contributed by atoms with Crippen LogP contribution in [-0.4, -0.2) is 62.3 Å². The molecular formula is C26H29F4NO5. The van der Waals surface area contributed by atoms with E-state index in [9.17, 15) is 22.4 Å². The van der Waals surface area contributed by atoms with Crippen LogP contribution in [0.1, 0.15) is 36.3 Å². The smallest absolute Gasteiger partial charge is 0.427 e. The van der Waals surface area contributed by atoms with Crippen molar-refractivity contribution >= 4 is 6.09 Å². The Kier molecular flexibility index (Phi) is 8.04. The molecule has 6 nitrogen and oxygen atoms in total. The molecule has 36 heavy (non-hydrogen) atoms. The van der Waals surface area contributed by atoms with Crippen LogP contribution in [0.5, 0.6) is 5.75 Å². The molecule has 196 valence electrons. The number of amides is 1. The number of alkyl halides is 3. The highest BCUT2D eigenvalue weighted by Gasteiger charge is 2.47. The normalized spacial score (nSPS) is 20.4. The van der Waals surface area contributed by atoms with Crippen LogP contribution < -0.4 is 4.74 Å². The summed E-state index contributed by atoms with van der Waals surface area (Å²) in [6.45, 7) is -0.124. The molecule has 0 bridgehead atoms. The quantitative estimate of drug-likeness (QED) is 0.463. The van der Waals surface area contributed by atoms with Gasteiger partial charge >= 0.3 is 12.3 Å². The number of hydrogen-bond acceptors (Lipinski definition) is 5. The van der Waals surface area contributed by atoms with Gasteiger partial charge in [0.05, 0.1) is 32.5 Å². The maximum absolute atomic E-state index is 14.2. The van der Waals surface area contributed by atoms with E-state index >= 15 is 0 Å². The summed E-state index contributed by atoms with van der Waals surface area (Å²) < 4.78 is 75.8. The van der Waals surface area contributed by atoms with E-state index in [0.29, 0.717) is 42.7 Å². The molecule has 2 atom stereocenters. The zero-order valence-electron chi connectivity index (χ0n) is 19.9. The molecule has 1 amide bonds. The van der Waals surface area contributed by atoms with Crippen LogP contribution in [0.2, 0.25) is 0 Å². The maximum Gasteiger partial charge on any atom is 0.427 e. The molecule has 0 aromatic heterocycles. The van der Waals surface area contributed by atoms with E-state index in [-0.39, 0.29) is 31.4 Å². The molecule has 2 fully saturated rings. The Balaban J connectivity index is 1.27. The summed E-state index contributed by atoms with van der Waals surface area (Å²) in [7, 11) is 1.51. The van der Waals surface area contributed by atoms with E-state index in [1.54, 1.807) is 42.5 Å². The fourth-order valence-electron chi connectivity index (χ4n) is 4.69. The summed E-state index contributed by atoms with van der Waals surface area (Å²) in [5.74, 6) is 0.244. The number of benzene rings is 2. The van der Waals surface area contributed by atoms with Gasteiger partial charge in [0.25, 0.3) is 0 Å². The van der Waals surface area contributed by atoms with E-state index in [1.165, 1.54) is 18.1 Å². The van der Waals surface area contributed by atoms with E-state index < -0.39 is 30.6 Å². The first kappa shape index (κ1) is 26.2. The Hall–Kier alpha value is -2.85. The monoisotopic (exact) mass is 511 g/mol. The summed E-state index contributed by atoms with van der Waals surface area (Å²) in [6, 6.07) is 13.3. The fourth-order valence-corrected chi connectivity index (χ4v) is 4.69. The number of likely N-dealkylation sites (tertiary alicyclic amines) is 1. The average Bonchev–Trinajstić information content (AvgIpc) is 3.27. The molecular weight excluding hydrogens is 482 g/mol. The van der Waals surface area contributed by atoms with Crippen LogP contribution in [0.15, 0.2) is 48.5 Å². The van der Waals surface area contributed by atoms with Crippen LogP contribution in [0, 0.1) is 5.82 Å². The molecule has 0 aliphatic carbocycles. The van der Waals surface area contributed by atoms with E-state index in [4.69, 9.17) is 18.9 Å². The second kappa shape index (κ2) is 11.0. The van der Waals surface area contributed by atoms with Crippen molar-refractivity contribution < 1.29 is 41.3 Å². The number of ether oxygens (including phenoxy) is 4. The number of piperidine rings is 1. The highest BCUT2D eigenvalue weighted by molar-refractivity contribution is 5.68. The van der Waals surface area contributed by atoms with Crippen LogP contribution in [-0.2, 0) is 20.8 Å². The summed E-state index contributed by atoms with van der Waals surface area (Å²) in [5, 5.41) is 0. The molecule has 2 unspecified atom stereocenters. The van der Waals surface area contributed by atoms with Crippen molar-refractivity contribution in [2.75, 3.05) is 33.4 Å². The van der Waals surface area contributed by atoms with Crippen molar-refractivity contribution in [2.24, 2.45) is 0 Å². The number of methoxy groups -OCH3 is 1. The highest BCUT2D eigenvalue weighted by Crippen LogP contribution is 2.43. The van der Waals surface area contributed by atoms with Crippen molar-refractivity contribution in [3.63, 3.8) is 0 Å². The lowest BCUT2D eigenvalue weighted by Gasteiger charge is -2.38. The Morgan fingerprint density at radius 1 is 1.14 bits per heavy atom. The first-order chi connectivity index (χ1) is 17.2. The second-order valence-electron chi connectivity index (χ2n) is 9.18.